The van der Waals surface area contributed by atoms with E-state index in [0.29, 0.717) is 29.2 Å². The van der Waals surface area contributed by atoms with Crippen molar-refractivity contribution in [3.63, 3.8) is 0 Å². The molecule has 0 aromatic heterocycles. The number of carbonyl (C=O) groups excluding carboxylic acids is 1. The van der Waals surface area contributed by atoms with Gasteiger partial charge in [0.2, 0.25) is 5.91 Å². The Balaban J connectivity index is 1.68. The van der Waals surface area contributed by atoms with Gasteiger partial charge in [-0.05, 0) is 43.3 Å². The number of rotatable bonds is 8. The molecule has 1 heterocycles. The zero-order valence-electron chi connectivity index (χ0n) is 15.2. The summed E-state index contributed by atoms with van der Waals surface area (Å²) in [6, 6.07) is 12.3. The van der Waals surface area contributed by atoms with Gasteiger partial charge in [0.05, 0.1) is 25.4 Å². The van der Waals surface area contributed by atoms with Crippen LogP contribution in [0.2, 0.25) is 0 Å². The van der Waals surface area contributed by atoms with Crippen LogP contribution in [0, 0.1) is 0 Å². The highest BCUT2D eigenvalue weighted by atomic mass is 16.5. The molecule has 0 radical (unpaired) electrons. The molecule has 144 valence electrons. The molecule has 2 aromatic carbocycles. The van der Waals surface area contributed by atoms with Gasteiger partial charge in [0.15, 0.2) is 0 Å². The van der Waals surface area contributed by atoms with Gasteiger partial charge in [-0.15, -0.1) is 0 Å². The first-order valence-electron chi connectivity index (χ1n) is 8.85. The Morgan fingerprint density at radius 2 is 1.96 bits per heavy atom. The van der Waals surface area contributed by atoms with E-state index in [1.807, 2.05) is 24.3 Å². The number of primary amides is 1. The first-order valence-corrected chi connectivity index (χ1v) is 8.85. The van der Waals surface area contributed by atoms with Gasteiger partial charge in [-0.25, -0.2) is 0 Å². The van der Waals surface area contributed by atoms with Gasteiger partial charge in [-0.2, -0.15) is 0 Å². The van der Waals surface area contributed by atoms with Gasteiger partial charge in [0, 0.05) is 29.9 Å². The molecule has 0 aliphatic carbocycles. The highest BCUT2D eigenvalue weighted by molar-refractivity contribution is 5.93. The summed E-state index contributed by atoms with van der Waals surface area (Å²) in [5.74, 6) is 0.439. The maximum absolute atomic E-state index is 11.4. The van der Waals surface area contributed by atoms with Crippen molar-refractivity contribution in [2.45, 2.75) is 19.1 Å². The third kappa shape index (κ3) is 4.57. The van der Waals surface area contributed by atoms with E-state index in [2.05, 4.69) is 4.90 Å². The number of hydrogen-bond acceptors (Lipinski definition) is 6. The lowest BCUT2D eigenvalue weighted by molar-refractivity contribution is 0.0135. The average molecular weight is 372 g/mol. The minimum Gasteiger partial charge on any atom is -0.457 e. The van der Waals surface area contributed by atoms with Crippen molar-refractivity contribution in [2.24, 2.45) is 5.73 Å². The Labute approximate surface area is 157 Å². The number of carbonyl (C=O) groups is 1. The first kappa shape index (κ1) is 19.2. The fourth-order valence-electron chi connectivity index (χ4n) is 2.95. The molecule has 7 heteroatoms. The summed E-state index contributed by atoms with van der Waals surface area (Å²) >= 11 is 0. The Morgan fingerprint density at radius 3 is 2.56 bits per heavy atom. The molecule has 4 N–H and O–H groups in total. The Kier molecular flexibility index (Phi) is 5.95. The number of hydrogen-bond donors (Lipinski definition) is 3. The Bertz CT molecular complexity index is 785. The molecule has 7 nitrogen and oxygen atoms in total. The van der Waals surface area contributed by atoms with Crippen molar-refractivity contribution >= 4 is 11.6 Å². The Morgan fingerprint density at radius 1 is 1.26 bits per heavy atom. The van der Waals surface area contributed by atoms with Gasteiger partial charge in [-0.3, -0.25) is 4.79 Å². The number of amides is 1. The van der Waals surface area contributed by atoms with Crippen LogP contribution < -0.4 is 15.4 Å². The molecule has 0 unspecified atom stereocenters. The first-order chi connectivity index (χ1) is 13.0. The van der Waals surface area contributed by atoms with Crippen LogP contribution in [0.5, 0.6) is 11.5 Å². The third-order valence-electron chi connectivity index (χ3n) is 4.47. The van der Waals surface area contributed by atoms with E-state index in [1.165, 1.54) is 6.07 Å². The van der Waals surface area contributed by atoms with Crippen LogP contribution in [0.4, 0.5) is 5.69 Å². The molecule has 2 aromatic rings. The van der Waals surface area contributed by atoms with E-state index in [9.17, 15) is 9.90 Å². The monoisotopic (exact) mass is 372 g/mol. The molecule has 27 heavy (non-hydrogen) atoms. The summed E-state index contributed by atoms with van der Waals surface area (Å²) < 4.78 is 11.4. The predicted molar refractivity (Wildman–Crippen MR) is 101 cm³/mol. The fraction of sp³-hybridized carbons (Fsp3) is 0.350. The van der Waals surface area contributed by atoms with E-state index in [0.717, 1.165) is 18.8 Å². The molecular weight excluding hydrogens is 348 g/mol. The van der Waals surface area contributed by atoms with Gasteiger partial charge >= 0.3 is 0 Å². The highest BCUT2D eigenvalue weighted by Crippen LogP contribution is 2.32. The number of nitrogens with zero attached hydrogens (tertiary/aromatic N) is 1. The molecule has 1 aliphatic rings. The summed E-state index contributed by atoms with van der Waals surface area (Å²) in [7, 11) is 0. The molecule has 1 saturated heterocycles. The van der Waals surface area contributed by atoms with Crippen LogP contribution in [0.1, 0.15) is 28.9 Å². The SMILES string of the molecule is C[C@@H](O)c1ccc(C(N)=O)cc1Oc1ccc(N2CC(OCCO)C2)cc1. The van der Waals surface area contributed by atoms with Crippen LogP contribution in [-0.4, -0.2) is 48.5 Å². The van der Waals surface area contributed by atoms with Crippen molar-refractivity contribution in [1.29, 1.82) is 0 Å². The van der Waals surface area contributed by atoms with Crippen LogP contribution in [-0.2, 0) is 4.74 Å². The molecule has 1 aliphatic heterocycles. The molecule has 0 spiro atoms. The molecule has 1 atom stereocenters. The van der Waals surface area contributed by atoms with E-state index in [4.69, 9.17) is 20.3 Å². The summed E-state index contributed by atoms with van der Waals surface area (Å²) in [5.41, 5.74) is 7.28. The van der Waals surface area contributed by atoms with Gasteiger partial charge in [-0.1, -0.05) is 6.07 Å². The number of ether oxygens (including phenoxy) is 2. The van der Waals surface area contributed by atoms with Crippen molar-refractivity contribution in [3.05, 3.63) is 53.6 Å². The van der Waals surface area contributed by atoms with E-state index in [-0.39, 0.29) is 12.7 Å². The zero-order chi connectivity index (χ0) is 19.4. The number of aliphatic hydroxyl groups is 2. The van der Waals surface area contributed by atoms with E-state index >= 15 is 0 Å². The summed E-state index contributed by atoms with van der Waals surface area (Å²) in [4.78, 5) is 13.6. The largest absolute Gasteiger partial charge is 0.457 e. The van der Waals surface area contributed by atoms with Crippen LogP contribution in [0.3, 0.4) is 0 Å². The lowest BCUT2D eigenvalue weighted by Gasteiger charge is -2.40. The fourth-order valence-corrected chi connectivity index (χ4v) is 2.95. The van der Waals surface area contributed by atoms with Crippen molar-refractivity contribution in [2.75, 3.05) is 31.2 Å². The van der Waals surface area contributed by atoms with Gasteiger partial charge in [0.1, 0.15) is 11.5 Å². The second-order valence-corrected chi connectivity index (χ2v) is 6.51. The molecule has 0 bridgehead atoms. The maximum atomic E-state index is 11.4. The van der Waals surface area contributed by atoms with E-state index < -0.39 is 12.0 Å². The third-order valence-corrected chi connectivity index (χ3v) is 4.47. The van der Waals surface area contributed by atoms with Crippen molar-refractivity contribution in [1.82, 2.24) is 0 Å². The van der Waals surface area contributed by atoms with Gasteiger partial charge < -0.3 is 30.3 Å². The topological polar surface area (TPSA) is 105 Å². The lowest BCUT2D eigenvalue weighted by atomic mass is 10.1. The number of nitrogens with two attached hydrogens (primary N) is 1. The van der Waals surface area contributed by atoms with Crippen LogP contribution in [0.15, 0.2) is 42.5 Å². The normalized spacial score (nSPS) is 15.3. The molecule has 0 saturated carbocycles. The zero-order valence-corrected chi connectivity index (χ0v) is 15.2. The molecule has 1 amide bonds. The standard InChI is InChI=1S/C20H24N2O5/c1-13(24)18-7-2-14(20(21)25)10-19(18)27-16-5-3-15(4-6-16)22-11-17(12-22)26-9-8-23/h2-7,10,13,17,23-24H,8-9,11-12H2,1H3,(H2,21,25)/t13-/m1/s1. The minimum atomic E-state index is -0.738. The van der Waals surface area contributed by atoms with Crippen LogP contribution >= 0.6 is 0 Å². The molecular formula is C20H24N2O5. The number of anilines is 1. The molecule has 1 fully saturated rings. The van der Waals surface area contributed by atoms with Crippen molar-refractivity contribution < 1.29 is 24.5 Å². The average Bonchev–Trinajstić information content (AvgIpc) is 2.61. The van der Waals surface area contributed by atoms with Gasteiger partial charge in [0.25, 0.3) is 0 Å². The van der Waals surface area contributed by atoms with Crippen LogP contribution in [0.25, 0.3) is 0 Å². The second kappa shape index (κ2) is 8.39. The summed E-state index contributed by atoms with van der Waals surface area (Å²) in [6.45, 7) is 3.60. The quantitative estimate of drug-likeness (QED) is 0.653. The second-order valence-electron chi connectivity index (χ2n) is 6.51. The predicted octanol–water partition coefficient (Wildman–Crippen LogP) is 1.83. The minimum absolute atomic E-state index is 0.0356. The van der Waals surface area contributed by atoms with E-state index in [1.54, 1.807) is 19.1 Å². The highest BCUT2D eigenvalue weighted by Gasteiger charge is 2.27. The summed E-state index contributed by atoms with van der Waals surface area (Å²) in [5, 5.41) is 18.7. The lowest BCUT2D eigenvalue weighted by Crippen LogP contribution is -2.52. The molecule has 3 rings (SSSR count). The Hall–Kier alpha value is -2.61. The van der Waals surface area contributed by atoms with Crippen molar-refractivity contribution in [3.8, 4) is 11.5 Å². The summed E-state index contributed by atoms with van der Waals surface area (Å²) in [6.07, 6.45) is -0.587. The maximum Gasteiger partial charge on any atom is 0.248 e. The smallest absolute Gasteiger partial charge is 0.248 e. The number of aliphatic hydroxyl groups excluding tert-OH is 2. The number of benzene rings is 2.